The topological polar surface area (TPSA) is 49.0 Å². The average Bonchev–Trinajstić information content (AvgIpc) is 3.06. The highest BCUT2D eigenvalue weighted by Gasteiger charge is 2.27. The number of benzene rings is 2. The maximum atomic E-state index is 12.7. The molecule has 3 aromatic rings. The smallest absolute Gasteiger partial charge is 0.254 e. The van der Waals surface area contributed by atoms with Crippen LogP contribution in [0.15, 0.2) is 53.0 Å². The summed E-state index contributed by atoms with van der Waals surface area (Å²) >= 11 is 3.47. The Bertz CT molecular complexity index is 848. The number of nitrogens with one attached hydrogen (secondary N) is 1. The first kappa shape index (κ1) is 15.4. The minimum absolute atomic E-state index is 0.102. The fourth-order valence-electron chi connectivity index (χ4n) is 3.33. The second kappa shape index (κ2) is 6.40. The van der Waals surface area contributed by atoms with Crippen molar-refractivity contribution in [3.8, 4) is 0 Å². The largest absolute Gasteiger partial charge is 0.342 e. The van der Waals surface area contributed by atoms with Crippen molar-refractivity contribution in [3.05, 3.63) is 64.4 Å². The van der Waals surface area contributed by atoms with Crippen molar-refractivity contribution in [2.24, 2.45) is 0 Å². The predicted octanol–water partition coefficient (Wildman–Crippen LogP) is 4.35. The van der Waals surface area contributed by atoms with Gasteiger partial charge in [-0.15, -0.1) is 0 Å². The standard InChI is InChI=1S/C19H18BrN3O/c20-15-6-2-1-5-14(15)19(24)23-11-9-13(10-12-23)18-21-16-7-3-4-8-17(16)22-18/h1-8,13H,9-12H2,(H,21,22). The molecular weight excluding hydrogens is 366 g/mol. The second-order valence-corrected chi connectivity index (χ2v) is 7.04. The summed E-state index contributed by atoms with van der Waals surface area (Å²) in [7, 11) is 0. The molecule has 2 aromatic carbocycles. The second-order valence-electron chi connectivity index (χ2n) is 6.19. The van der Waals surface area contributed by atoms with Crippen LogP contribution in [-0.4, -0.2) is 33.9 Å². The monoisotopic (exact) mass is 383 g/mol. The summed E-state index contributed by atoms with van der Waals surface area (Å²) < 4.78 is 0.856. The molecule has 4 rings (SSSR count). The van der Waals surface area contributed by atoms with Crippen LogP contribution in [-0.2, 0) is 0 Å². The number of fused-ring (bicyclic) bond motifs is 1. The predicted molar refractivity (Wildman–Crippen MR) is 98.1 cm³/mol. The number of likely N-dealkylation sites (tertiary alicyclic amines) is 1. The van der Waals surface area contributed by atoms with E-state index in [1.807, 2.05) is 47.4 Å². The zero-order valence-electron chi connectivity index (χ0n) is 13.2. The lowest BCUT2D eigenvalue weighted by Gasteiger charge is -2.31. The highest BCUT2D eigenvalue weighted by Crippen LogP contribution is 2.29. The Balaban J connectivity index is 1.47. The van der Waals surface area contributed by atoms with Crippen molar-refractivity contribution in [2.75, 3.05) is 13.1 Å². The zero-order chi connectivity index (χ0) is 16.5. The number of para-hydroxylation sites is 2. The van der Waals surface area contributed by atoms with E-state index >= 15 is 0 Å². The van der Waals surface area contributed by atoms with E-state index in [1.165, 1.54) is 0 Å². The van der Waals surface area contributed by atoms with E-state index in [0.717, 1.165) is 52.8 Å². The number of halogens is 1. The number of piperidine rings is 1. The lowest BCUT2D eigenvalue weighted by Crippen LogP contribution is -2.38. The van der Waals surface area contributed by atoms with Crippen LogP contribution < -0.4 is 0 Å². The van der Waals surface area contributed by atoms with Crippen molar-refractivity contribution < 1.29 is 4.79 Å². The van der Waals surface area contributed by atoms with E-state index in [4.69, 9.17) is 4.98 Å². The Morgan fingerprint density at radius 2 is 1.79 bits per heavy atom. The van der Waals surface area contributed by atoms with Gasteiger partial charge in [-0.3, -0.25) is 4.79 Å². The summed E-state index contributed by atoms with van der Waals surface area (Å²) in [5.41, 5.74) is 2.83. The van der Waals surface area contributed by atoms with Gasteiger partial charge in [0.05, 0.1) is 16.6 Å². The van der Waals surface area contributed by atoms with Crippen molar-refractivity contribution >= 4 is 32.9 Å². The number of nitrogens with zero attached hydrogens (tertiary/aromatic N) is 2. The van der Waals surface area contributed by atoms with Gasteiger partial charge in [0.1, 0.15) is 5.82 Å². The molecule has 0 bridgehead atoms. The van der Waals surface area contributed by atoms with Gasteiger partial charge in [0.25, 0.3) is 5.91 Å². The number of rotatable bonds is 2. The van der Waals surface area contributed by atoms with Crippen LogP contribution in [0.5, 0.6) is 0 Å². The van der Waals surface area contributed by atoms with Crippen LogP contribution in [0.1, 0.15) is 34.9 Å². The number of H-pyrrole nitrogens is 1. The number of amides is 1. The van der Waals surface area contributed by atoms with E-state index < -0.39 is 0 Å². The van der Waals surface area contributed by atoms with Gasteiger partial charge < -0.3 is 9.88 Å². The maximum absolute atomic E-state index is 12.7. The Kier molecular flexibility index (Phi) is 4.10. The fraction of sp³-hybridized carbons (Fsp3) is 0.263. The quantitative estimate of drug-likeness (QED) is 0.715. The number of carbonyl (C=O) groups excluding carboxylic acids is 1. The Morgan fingerprint density at radius 1 is 1.08 bits per heavy atom. The molecule has 4 nitrogen and oxygen atoms in total. The highest BCUT2D eigenvalue weighted by molar-refractivity contribution is 9.10. The minimum atomic E-state index is 0.102. The molecule has 1 aliphatic rings. The number of hydrogen-bond acceptors (Lipinski definition) is 2. The molecule has 1 fully saturated rings. The molecule has 0 spiro atoms. The lowest BCUT2D eigenvalue weighted by atomic mass is 9.95. The molecule has 0 aliphatic carbocycles. The molecule has 1 amide bonds. The highest BCUT2D eigenvalue weighted by atomic mass is 79.9. The van der Waals surface area contributed by atoms with Crippen LogP contribution in [0.4, 0.5) is 0 Å². The molecule has 2 heterocycles. The first-order chi connectivity index (χ1) is 11.7. The molecule has 5 heteroatoms. The van der Waals surface area contributed by atoms with E-state index in [9.17, 15) is 4.79 Å². The first-order valence-electron chi connectivity index (χ1n) is 8.21. The molecule has 1 aliphatic heterocycles. The Morgan fingerprint density at radius 3 is 2.54 bits per heavy atom. The summed E-state index contributed by atoms with van der Waals surface area (Å²) in [5.74, 6) is 1.54. The maximum Gasteiger partial charge on any atom is 0.254 e. The third-order valence-corrected chi connectivity index (χ3v) is 5.37. The number of aromatic nitrogens is 2. The summed E-state index contributed by atoms with van der Waals surface area (Å²) in [6.45, 7) is 1.53. The third-order valence-electron chi connectivity index (χ3n) is 4.68. The normalized spacial score (nSPS) is 15.8. The van der Waals surface area contributed by atoms with Gasteiger partial charge in [-0.1, -0.05) is 24.3 Å². The van der Waals surface area contributed by atoms with E-state index in [0.29, 0.717) is 5.92 Å². The van der Waals surface area contributed by atoms with Crippen LogP contribution in [0.25, 0.3) is 11.0 Å². The van der Waals surface area contributed by atoms with Gasteiger partial charge in [-0.05, 0) is 53.0 Å². The lowest BCUT2D eigenvalue weighted by molar-refractivity contribution is 0.0710. The van der Waals surface area contributed by atoms with Crippen molar-refractivity contribution in [2.45, 2.75) is 18.8 Å². The van der Waals surface area contributed by atoms with Gasteiger partial charge in [0.2, 0.25) is 0 Å². The average molecular weight is 384 g/mol. The molecule has 0 saturated carbocycles. The number of imidazole rings is 1. The zero-order valence-corrected chi connectivity index (χ0v) is 14.8. The van der Waals surface area contributed by atoms with E-state index in [1.54, 1.807) is 0 Å². The number of hydrogen-bond donors (Lipinski definition) is 1. The van der Waals surface area contributed by atoms with Crippen molar-refractivity contribution in [1.29, 1.82) is 0 Å². The van der Waals surface area contributed by atoms with Gasteiger partial charge in [0, 0.05) is 23.5 Å². The van der Waals surface area contributed by atoms with Crippen LogP contribution in [0, 0.1) is 0 Å². The van der Waals surface area contributed by atoms with Gasteiger partial charge in [-0.25, -0.2) is 4.98 Å². The van der Waals surface area contributed by atoms with Crippen molar-refractivity contribution in [3.63, 3.8) is 0 Å². The summed E-state index contributed by atoms with van der Waals surface area (Å²) in [6, 6.07) is 15.7. The molecule has 122 valence electrons. The van der Waals surface area contributed by atoms with Crippen molar-refractivity contribution in [1.82, 2.24) is 14.9 Å². The molecule has 0 radical (unpaired) electrons. The van der Waals surface area contributed by atoms with E-state index in [2.05, 4.69) is 27.0 Å². The van der Waals surface area contributed by atoms with Crippen LogP contribution >= 0.6 is 15.9 Å². The Labute approximate surface area is 149 Å². The number of carbonyl (C=O) groups is 1. The van der Waals surface area contributed by atoms with E-state index in [-0.39, 0.29) is 5.91 Å². The molecule has 0 atom stereocenters. The first-order valence-corrected chi connectivity index (χ1v) is 9.00. The summed E-state index contributed by atoms with van der Waals surface area (Å²) in [5, 5.41) is 0. The van der Waals surface area contributed by atoms with Gasteiger partial charge in [0.15, 0.2) is 0 Å². The fourth-order valence-corrected chi connectivity index (χ4v) is 3.78. The summed E-state index contributed by atoms with van der Waals surface area (Å²) in [6.07, 6.45) is 1.88. The van der Waals surface area contributed by atoms with Crippen LogP contribution in [0.2, 0.25) is 0 Å². The molecule has 1 saturated heterocycles. The summed E-state index contributed by atoms with van der Waals surface area (Å²) in [4.78, 5) is 22.8. The minimum Gasteiger partial charge on any atom is -0.342 e. The molecule has 1 aromatic heterocycles. The molecule has 0 unspecified atom stereocenters. The molecule has 1 N–H and O–H groups in total. The molecular formula is C19H18BrN3O. The van der Waals surface area contributed by atoms with Gasteiger partial charge >= 0.3 is 0 Å². The molecule has 24 heavy (non-hydrogen) atoms. The Hall–Kier alpha value is -2.14. The number of aromatic amines is 1. The third kappa shape index (κ3) is 2.84. The van der Waals surface area contributed by atoms with Crippen LogP contribution in [0.3, 0.4) is 0 Å². The SMILES string of the molecule is O=C(c1ccccc1Br)N1CCC(c2nc3ccccc3[nH]2)CC1. The van der Waals surface area contributed by atoms with Gasteiger partial charge in [-0.2, -0.15) is 0 Å².